The van der Waals surface area contributed by atoms with E-state index < -0.39 is 11.9 Å². The average Bonchev–Trinajstić information content (AvgIpc) is 3.08. The summed E-state index contributed by atoms with van der Waals surface area (Å²) < 4.78 is 0. The van der Waals surface area contributed by atoms with Gasteiger partial charge in [0, 0.05) is 38.2 Å². The SMILES string of the molecule is C[C@H]1CCN1c1nc(N2C[C@@H]3C(CC(=O)O)[C@@H]3C2)cc2nc(C(N)=O)cnc12. The minimum absolute atomic E-state index is 0.137. The molecule has 1 aliphatic carbocycles. The number of piperidine rings is 1. The highest BCUT2D eigenvalue weighted by Crippen LogP contribution is 2.54. The van der Waals surface area contributed by atoms with Gasteiger partial charge in [0.15, 0.2) is 5.82 Å². The van der Waals surface area contributed by atoms with E-state index in [1.165, 1.54) is 6.20 Å². The molecule has 3 aliphatic rings. The smallest absolute Gasteiger partial charge is 0.303 e. The molecular weight excluding hydrogens is 360 g/mol. The molecule has 1 unspecified atom stereocenters. The molecule has 4 atom stereocenters. The highest BCUT2D eigenvalue weighted by molar-refractivity contribution is 5.95. The van der Waals surface area contributed by atoms with Gasteiger partial charge in [-0.15, -0.1) is 0 Å². The van der Waals surface area contributed by atoms with Crippen LogP contribution in [0.15, 0.2) is 12.3 Å². The zero-order valence-corrected chi connectivity index (χ0v) is 15.6. The quantitative estimate of drug-likeness (QED) is 0.780. The lowest BCUT2D eigenvalue weighted by molar-refractivity contribution is -0.137. The number of nitrogens with two attached hydrogens (primary N) is 1. The molecule has 146 valence electrons. The maximum absolute atomic E-state index is 11.5. The van der Waals surface area contributed by atoms with E-state index in [2.05, 4.69) is 26.7 Å². The molecule has 0 bridgehead atoms. The zero-order valence-electron chi connectivity index (χ0n) is 15.6. The lowest BCUT2D eigenvalue weighted by Gasteiger charge is -2.40. The van der Waals surface area contributed by atoms with Crippen molar-refractivity contribution in [2.45, 2.75) is 25.8 Å². The van der Waals surface area contributed by atoms with Crippen molar-refractivity contribution >= 4 is 34.5 Å². The lowest BCUT2D eigenvalue weighted by Crippen LogP contribution is -2.46. The highest BCUT2D eigenvalue weighted by atomic mass is 16.4. The van der Waals surface area contributed by atoms with Gasteiger partial charge in [-0.1, -0.05) is 0 Å². The molecule has 3 N–H and O–H groups in total. The van der Waals surface area contributed by atoms with Crippen molar-refractivity contribution in [1.82, 2.24) is 15.0 Å². The maximum Gasteiger partial charge on any atom is 0.303 e. The summed E-state index contributed by atoms with van der Waals surface area (Å²) in [5.74, 6) is 1.39. The molecule has 2 saturated heterocycles. The van der Waals surface area contributed by atoms with Crippen LogP contribution in [0.25, 0.3) is 11.0 Å². The van der Waals surface area contributed by atoms with Crippen LogP contribution in [0.4, 0.5) is 11.6 Å². The molecule has 2 aliphatic heterocycles. The first-order valence-corrected chi connectivity index (χ1v) is 9.63. The number of nitrogens with zero attached hydrogens (tertiary/aromatic N) is 5. The van der Waals surface area contributed by atoms with Crippen molar-refractivity contribution in [3.8, 4) is 0 Å². The summed E-state index contributed by atoms with van der Waals surface area (Å²) in [7, 11) is 0. The number of primary amides is 1. The van der Waals surface area contributed by atoms with Crippen LogP contribution >= 0.6 is 0 Å². The third-order valence-corrected chi connectivity index (χ3v) is 6.45. The number of amides is 1. The number of carbonyl (C=O) groups is 2. The van der Waals surface area contributed by atoms with E-state index in [1.807, 2.05) is 6.07 Å². The first kappa shape index (κ1) is 17.2. The maximum atomic E-state index is 11.5. The van der Waals surface area contributed by atoms with Crippen LogP contribution < -0.4 is 15.5 Å². The van der Waals surface area contributed by atoms with E-state index in [4.69, 9.17) is 15.8 Å². The van der Waals surface area contributed by atoms with Gasteiger partial charge in [-0.05, 0) is 31.1 Å². The number of aliphatic carboxylic acids is 1. The van der Waals surface area contributed by atoms with E-state index in [1.54, 1.807) is 0 Å². The molecular formula is C19H22N6O3. The Labute approximate surface area is 161 Å². The molecule has 2 aromatic rings. The van der Waals surface area contributed by atoms with Gasteiger partial charge >= 0.3 is 5.97 Å². The van der Waals surface area contributed by atoms with Crippen molar-refractivity contribution in [3.63, 3.8) is 0 Å². The topological polar surface area (TPSA) is 126 Å². The predicted octanol–water partition coefficient (Wildman–Crippen LogP) is 0.879. The van der Waals surface area contributed by atoms with Gasteiger partial charge in [0.1, 0.15) is 17.0 Å². The van der Waals surface area contributed by atoms with Crippen LogP contribution in [0.1, 0.15) is 30.3 Å². The third-order valence-electron chi connectivity index (χ3n) is 6.45. The predicted molar refractivity (Wildman–Crippen MR) is 102 cm³/mol. The van der Waals surface area contributed by atoms with Gasteiger partial charge in [-0.25, -0.2) is 15.0 Å². The largest absolute Gasteiger partial charge is 0.481 e. The molecule has 4 heterocycles. The van der Waals surface area contributed by atoms with Crippen LogP contribution in [0.5, 0.6) is 0 Å². The van der Waals surface area contributed by atoms with Gasteiger partial charge in [0.05, 0.1) is 11.7 Å². The first-order valence-electron chi connectivity index (χ1n) is 9.63. The molecule has 1 saturated carbocycles. The van der Waals surface area contributed by atoms with Crippen molar-refractivity contribution < 1.29 is 14.7 Å². The van der Waals surface area contributed by atoms with E-state index in [0.717, 1.165) is 37.7 Å². The number of hydrogen-bond donors (Lipinski definition) is 2. The Balaban J connectivity index is 1.49. The summed E-state index contributed by atoms with van der Waals surface area (Å²) in [6.45, 7) is 4.67. The number of aromatic nitrogens is 3. The van der Waals surface area contributed by atoms with Crippen LogP contribution in [0.3, 0.4) is 0 Å². The van der Waals surface area contributed by atoms with Crippen LogP contribution in [-0.4, -0.2) is 57.6 Å². The fourth-order valence-electron chi connectivity index (χ4n) is 4.65. The van der Waals surface area contributed by atoms with Gasteiger partial charge in [-0.2, -0.15) is 0 Å². The summed E-state index contributed by atoms with van der Waals surface area (Å²) in [6.07, 6.45) is 2.75. The van der Waals surface area contributed by atoms with Gasteiger partial charge in [-0.3, -0.25) is 9.59 Å². The Hall–Kier alpha value is -2.97. The fraction of sp³-hybridized carbons (Fsp3) is 0.526. The summed E-state index contributed by atoms with van der Waals surface area (Å²) >= 11 is 0. The number of fused-ring (bicyclic) bond motifs is 2. The number of carboxylic acid groups (broad SMARTS) is 1. The molecule has 28 heavy (non-hydrogen) atoms. The second kappa shape index (κ2) is 6.02. The van der Waals surface area contributed by atoms with E-state index >= 15 is 0 Å². The van der Waals surface area contributed by atoms with Gasteiger partial charge in [0.2, 0.25) is 0 Å². The Kier molecular flexibility index (Phi) is 3.68. The molecule has 0 aromatic carbocycles. The minimum Gasteiger partial charge on any atom is -0.481 e. The number of carboxylic acids is 1. The minimum atomic E-state index is -0.724. The fourth-order valence-corrected chi connectivity index (χ4v) is 4.65. The van der Waals surface area contributed by atoms with Crippen LogP contribution in [0, 0.1) is 17.8 Å². The molecule has 5 rings (SSSR count). The Morgan fingerprint density at radius 2 is 2.04 bits per heavy atom. The first-order chi connectivity index (χ1) is 13.4. The van der Waals surface area contributed by atoms with Gasteiger partial charge < -0.3 is 20.6 Å². The average molecular weight is 382 g/mol. The number of carbonyl (C=O) groups excluding carboxylic acids is 1. The van der Waals surface area contributed by atoms with Crippen molar-refractivity contribution in [3.05, 3.63) is 18.0 Å². The van der Waals surface area contributed by atoms with Crippen molar-refractivity contribution in [1.29, 1.82) is 0 Å². The number of rotatable bonds is 5. The highest BCUT2D eigenvalue weighted by Gasteiger charge is 2.56. The number of hydrogen-bond acceptors (Lipinski definition) is 7. The van der Waals surface area contributed by atoms with Crippen LogP contribution in [0.2, 0.25) is 0 Å². The normalized spacial score (nSPS) is 28.2. The number of anilines is 2. The van der Waals surface area contributed by atoms with E-state index in [9.17, 15) is 9.59 Å². The third kappa shape index (κ3) is 2.64. The molecule has 2 aromatic heterocycles. The number of pyridine rings is 1. The molecule has 0 spiro atoms. The monoisotopic (exact) mass is 382 g/mol. The lowest BCUT2D eigenvalue weighted by atomic mass is 10.1. The summed E-state index contributed by atoms with van der Waals surface area (Å²) in [5, 5.41) is 9.02. The second-order valence-electron chi connectivity index (χ2n) is 8.12. The Morgan fingerprint density at radius 3 is 2.61 bits per heavy atom. The second-order valence-corrected chi connectivity index (χ2v) is 8.12. The van der Waals surface area contributed by atoms with E-state index in [0.29, 0.717) is 28.9 Å². The zero-order chi connectivity index (χ0) is 19.6. The summed E-state index contributed by atoms with van der Waals surface area (Å²) in [4.78, 5) is 40.6. The Morgan fingerprint density at radius 1 is 1.29 bits per heavy atom. The molecule has 1 amide bonds. The standard InChI is InChI=1S/C19H22N6O3/c1-9-2-3-25(9)19-17-13(22-14(6-21-17)18(20)28)5-15(23-19)24-7-11-10(4-16(26)27)12(11)8-24/h5-6,9-12H,2-4,7-8H2,1H3,(H2,20,28)(H,26,27)/t9-,10?,11-,12+/m0/s1. The molecule has 9 nitrogen and oxygen atoms in total. The molecule has 3 fully saturated rings. The van der Waals surface area contributed by atoms with Crippen molar-refractivity contribution in [2.75, 3.05) is 29.4 Å². The van der Waals surface area contributed by atoms with Crippen LogP contribution in [-0.2, 0) is 4.79 Å². The summed E-state index contributed by atoms with van der Waals surface area (Å²) in [5.41, 5.74) is 6.80. The Bertz CT molecular complexity index is 983. The summed E-state index contributed by atoms with van der Waals surface area (Å²) in [6, 6.07) is 2.25. The molecule has 9 heteroatoms. The van der Waals surface area contributed by atoms with Crippen molar-refractivity contribution in [2.24, 2.45) is 23.5 Å². The molecule has 0 radical (unpaired) electrons. The van der Waals surface area contributed by atoms with Gasteiger partial charge in [0.25, 0.3) is 5.91 Å². The van der Waals surface area contributed by atoms with E-state index in [-0.39, 0.29) is 18.0 Å².